The number of nitrogens with zero attached hydrogens (tertiary/aromatic N) is 10. The molecule has 0 spiro atoms. The summed E-state index contributed by atoms with van der Waals surface area (Å²) < 4.78 is 0. The number of hydrogen-bond acceptors (Lipinski definition) is 8. The van der Waals surface area contributed by atoms with Gasteiger partial charge in [-0.15, -0.1) is 10.4 Å². The smallest absolute Gasteiger partial charge is 0.140 e. The molecule has 1 N–H and O–H groups in total. The fraction of sp³-hybridized carbons (Fsp3) is 0. The van der Waals surface area contributed by atoms with Crippen molar-refractivity contribution in [1.29, 1.82) is 0 Å². The summed E-state index contributed by atoms with van der Waals surface area (Å²) in [5.41, 5.74) is 3.45. The molecule has 2 aromatic rings. The van der Waals surface area contributed by atoms with Gasteiger partial charge in [0, 0.05) is 0 Å². The molecule has 2 aromatic heterocycles. The van der Waals surface area contributed by atoms with Gasteiger partial charge in [-0.1, -0.05) is 0 Å². The molecule has 0 aromatic carbocycles. The summed E-state index contributed by atoms with van der Waals surface area (Å²) in [5.74, 6) is 0.0865. The van der Waals surface area contributed by atoms with Gasteiger partial charge >= 0.3 is 0 Å². The molecule has 11 nitrogen and oxygen atoms in total. The van der Waals surface area contributed by atoms with Gasteiger partial charge in [0.1, 0.15) is 11.9 Å². The van der Waals surface area contributed by atoms with Crippen molar-refractivity contribution >= 4 is 11.9 Å². The van der Waals surface area contributed by atoms with Crippen LogP contribution in [0.5, 0.6) is 0 Å². The molecule has 0 radical (unpaired) electrons. The van der Waals surface area contributed by atoms with Crippen molar-refractivity contribution in [1.82, 2.24) is 41.2 Å². The van der Waals surface area contributed by atoms with Crippen LogP contribution in [0, 0.1) is 0 Å². The van der Waals surface area contributed by atoms with Crippen molar-refractivity contribution in [2.45, 2.75) is 0 Å². The second-order valence-corrected chi connectivity index (χ2v) is 1.68. The molecule has 11 heteroatoms. The largest absolute Gasteiger partial charge is 0.266 e. The summed E-state index contributed by atoms with van der Waals surface area (Å²) in [6.45, 7) is 0. The quantitative estimate of drug-likeness (QED) is 0.471. The lowest BCUT2D eigenvalue weighted by Gasteiger charge is -1.93. The van der Waals surface area contributed by atoms with Gasteiger partial charge in [0.05, 0.1) is 0 Å². The highest BCUT2D eigenvalue weighted by Crippen LogP contribution is 2.09. The molecule has 0 bridgehead atoms. The van der Waals surface area contributed by atoms with E-state index in [2.05, 4.69) is 57.0 Å². The van der Waals surface area contributed by atoms with Gasteiger partial charge in [0.2, 0.25) is 0 Å². The summed E-state index contributed by atoms with van der Waals surface area (Å²) in [5, 5.41) is 32.3. The van der Waals surface area contributed by atoms with Crippen LogP contribution in [-0.2, 0) is 0 Å². The Morgan fingerprint density at radius 3 is 3.08 bits per heavy atom. The standard InChI is InChI=1S/C2HN11/c3(1-5-10-11-6-1)9-4-2-7-12-13-8-2/h(H-2,3,4,5,6,7,8,10,11,12,13)/q-2. The van der Waals surface area contributed by atoms with Gasteiger partial charge in [-0.2, -0.15) is 10.4 Å². The maximum absolute atomic E-state index is 3.50. The van der Waals surface area contributed by atoms with Gasteiger partial charge in [0.15, 0.2) is 0 Å². The van der Waals surface area contributed by atoms with E-state index in [9.17, 15) is 0 Å². The summed E-state index contributed by atoms with van der Waals surface area (Å²) in [6, 6.07) is 0. The van der Waals surface area contributed by atoms with E-state index in [-0.39, 0.29) is 11.9 Å². The molecule has 0 aliphatic carbocycles. The Hall–Kier alpha value is -2.46. The van der Waals surface area contributed by atoms with Crippen molar-refractivity contribution in [3.05, 3.63) is 5.43 Å². The lowest BCUT2D eigenvalue weighted by atomic mass is 11.1. The van der Waals surface area contributed by atoms with Crippen LogP contribution in [0.4, 0.5) is 11.9 Å². The zero-order valence-electron chi connectivity index (χ0n) is 5.97. The summed E-state index contributed by atoms with van der Waals surface area (Å²) in [6.07, 6.45) is 0. The van der Waals surface area contributed by atoms with Crippen LogP contribution in [0.2, 0.25) is 0 Å². The summed E-state index contributed by atoms with van der Waals surface area (Å²) in [7, 11) is 0. The minimum Gasteiger partial charge on any atom is -0.266 e. The van der Waals surface area contributed by atoms with Crippen molar-refractivity contribution in [2.75, 3.05) is 0 Å². The third kappa shape index (κ3) is 1.76. The zero-order valence-corrected chi connectivity index (χ0v) is 5.97. The van der Waals surface area contributed by atoms with Gasteiger partial charge in [-0.05, 0) is 0 Å². The average molecular weight is 179 g/mol. The van der Waals surface area contributed by atoms with E-state index >= 15 is 0 Å². The Kier molecular flexibility index (Phi) is 1.82. The number of hydrogen-bond donors (Lipinski definition) is 1. The number of H-pyrrole nitrogens is 1. The second kappa shape index (κ2) is 3.29. The molecule has 0 atom stereocenters. The van der Waals surface area contributed by atoms with Crippen LogP contribution in [0.25, 0.3) is 5.43 Å². The molecule has 0 aliphatic rings. The molecule has 13 heavy (non-hydrogen) atoms. The molecular formula is C2HN11-2. The van der Waals surface area contributed by atoms with Crippen molar-refractivity contribution in [3.8, 4) is 0 Å². The van der Waals surface area contributed by atoms with Gasteiger partial charge in [-0.3, -0.25) is 5.10 Å². The highest BCUT2D eigenvalue weighted by atomic mass is 15.6. The van der Waals surface area contributed by atoms with Crippen LogP contribution in [0.1, 0.15) is 0 Å². The van der Waals surface area contributed by atoms with Crippen molar-refractivity contribution in [3.63, 3.8) is 0 Å². The van der Waals surface area contributed by atoms with Gasteiger partial charge in [0.25, 0.3) is 0 Å². The van der Waals surface area contributed by atoms with E-state index in [1.807, 2.05) is 0 Å². The van der Waals surface area contributed by atoms with Crippen molar-refractivity contribution < 1.29 is 0 Å². The molecule has 0 saturated heterocycles. The molecular weight excluding hydrogens is 178 g/mol. The Morgan fingerprint density at radius 1 is 1.38 bits per heavy atom. The third-order valence-corrected chi connectivity index (χ3v) is 0.911. The monoisotopic (exact) mass is 179 g/mol. The van der Waals surface area contributed by atoms with E-state index in [0.29, 0.717) is 0 Å². The SMILES string of the molecule is N(=Nc1nnn[n-]1)[N-]c1nn[nH]n1. The maximum Gasteiger partial charge on any atom is 0.140 e. The number of nitrogens with one attached hydrogen (secondary N) is 1. The average Bonchev–Trinajstić information content (AvgIpc) is 2.75. The minimum absolute atomic E-state index is 0.0206. The van der Waals surface area contributed by atoms with Crippen LogP contribution in [0.3, 0.4) is 0 Å². The fourth-order valence-corrected chi connectivity index (χ4v) is 0.481. The predicted octanol–water partition coefficient (Wildman–Crippen LogP) is -0.954. The Bertz CT molecular complexity index is 355. The van der Waals surface area contributed by atoms with E-state index in [1.54, 1.807) is 0 Å². The van der Waals surface area contributed by atoms with E-state index < -0.39 is 0 Å². The minimum atomic E-state index is 0.0206. The third-order valence-electron chi connectivity index (χ3n) is 0.911. The summed E-state index contributed by atoms with van der Waals surface area (Å²) in [4.78, 5) is 0. The Balaban J connectivity index is 1.93. The lowest BCUT2D eigenvalue weighted by molar-refractivity contribution is 0.871. The van der Waals surface area contributed by atoms with Crippen LogP contribution in [0.15, 0.2) is 10.3 Å². The molecule has 0 amide bonds. The first kappa shape index (κ1) is 7.20. The molecule has 0 saturated carbocycles. The molecule has 2 heterocycles. The van der Waals surface area contributed by atoms with Crippen molar-refractivity contribution in [2.24, 2.45) is 10.3 Å². The normalized spacial score (nSPS) is 10.8. The first-order valence-corrected chi connectivity index (χ1v) is 2.99. The Labute approximate surface area is 70.0 Å². The fourth-order valence-electron chi connectivity index (χ4n) is 0.481. The number of tetrazole rings is 2. The molecule has 2 rings (SSSR count). The van der Waals surface area contributed by atoms with Crippen LogP contribution < -0.4 is 5.10 Å². The number of aromatic amines is 1. The predicted molar refractivity (Wildman–Crippen MR) is 34.9 cm³/mol. The molecule has 66 valence electrons. The van der Waals surface area contributed by atoms with Gasteiger partial charge < -0.3 is 0 Å². The number of aromatic nitrogens is 8. The first-order valence-electron chi connectivity index (χ1n) is 2.99. The molecule has 0 aliphatic heterocycles. The highest BCUT2D eigenvalue weighted by Gasteiger charge is 1.83. The molecule has 0 fully saturated rings. The Morgan fingerprint density at radius 2 is 2.38 bits per heavy atom. The van der Waals surface area contributed by atoms with Gasteiger partial charge in [-0.25, -0.2) is 31.0 Å². The zero-order chi connectivity index (χ0) is 8.93. The van der Waals surface area contributed by atoms with Crippen LogP contribution >= 0.6 is 0 Å². The first-order chi connectivity index (χ1) is 6.45. The van der Waals surface area contributed by atoms with Crippen LogP contribution in [-0.4, -0.2) is 36.1 Å². The van der Waals surface area contributed by atoms with E-state index in [0.717, 1.165) is 0 Å². The maximum atomic E-state index is 3.50. The molecule has 0 unspecified atom stereocenters. The topological polar surface area (TPSA) is 146 Å². The summed E-state index contributed by atoms with van der Waals surface area (Å²) >= 11 is 0. The van der Waals surface area contributed by atoms with E-state index in [4.69, 9.17) is 0 Å². The number of rotatable bonds is 3. The highest BCUT2D eigenvalue weighted by molar-refractivity contribution is 5.24. The lowest BCUT2D eigenvalue weighted by Crippen LogP contribution is -1.71. The second-order valence-electron chi connectivity index (χ2n) is 1.68. The van der Waals surface area contributed by atoms with E-state index in [1.165, 1.54) is 0 Å².